The van der Waals surface area contributed by atoms with Crippen molar-refractivity contribution in [2.75, 3.05) is 10.5 Å². The zero-order valence-corrected chi connectivity index (χ0v) is 13.8. The van der Waals surface area contributed by atoms with Gasteiger partial charge in [0.05, 0.1) is 6.20 Å². The largest absolute Gasteiger partial charge is 0.399 e. The molecule has 0 aliphatic heterocycles. The van der Waals surface area contributed by atoms with Gasteiger partial charge in [-0.05, 0) is 56.1 Å². The maximum absolute atomic E-state index is 12.7. The molecule has 0 aliphatic carbocycles. The molecule has 0 atom stereocenters. The Balaban J connectivity index is 2.43. The van der Waals surface area contributed by atoms with Crippen LogP contribution in [0.4, 0.5) is 15.9 Å². The standard InChI is InChI=1S/C11H8Br2FN3O2S/c12-8-3-7(15)4-9(13)11(8)20(18,19)17-10-2-1-6(14)5-16-10/h1-5H,15H2,(H,16,17). The van der Waals surface area contributed by atoms with Gasteiger partial charge in [-0.25, -0.2) is 17.8 Å². The molecule has 0 amide bonds. The Labute approximate surface area is 131 Å². The minimum Gasteiger partial charge on any atom is -0.399 e. The molecular formula is C11H8Br2FN3O2S. The molecular weight excluding hydrogens is 417 g/mol. The molecule has 20 heavy (non-hydrogen) atoms. The Morgan fingerprint density at radius 1 is 1.20 bits per heavy atom. The van der Waals surface area contributed by atoms with Crippen LogP contribution < -0.4 is 10.5 Å². The number of nitrogens with one attached hydrogen (secondary N) is 1. The molecule has 0 spiro atoms. The number of aromatic nitrogens is 1. The van der Waals surface area contributed by atoms with Crippen molar-refractivity contribution >= 4 is 53.4 Å². The lowest BCUT2D eigenvalue weighted by Gasteiger charge is -2.11. The first-order valence-electron chi connectivity index (χ1n) is 5.18. The Morgan fingerprint density at radius 3 is 2.30 bits per heavy atom. The molecule has 1 heterocycles. The Morgan fingerprint density at radius 2 is 1.80 bits per heavy atom. The van der Waals surface area contributed by atoms with Crippen LogP contribution in [0.25, 0.3) is 0 Å². The maximum atomic E-state index is 12.7. The summed E-state index contributed by atoms with van der Waals surface area (Å²) in [5, 5.41) is 0. The fraction of sp³-hybridized carbons (Fsp3) is 0. The molecule has 0 aliphatic rings. The summed E-state index contributed by atoms with van der Waals surface area (Å²) in [6, 6.07) is 5.28. The van der Waals surface area contributed by atoms with Gasteiger partial charge in [-0.3, -0.25) is 4.72 Å². The molecule has 2 aromatic rings. The molecule has 0 saturated carbocycles. The van der Waals surface area contributed by atoms with Gasteiger partial charge in [0.15, 0.2) is 0 Å². The normalized spacial score (nSPS) is 11.3. The Hall–Kier alpha value is -1.19. The van der Waals surface area contributed by atoms with Crippen molar-refractivity contribution in [3.05, 3.63) is 45.2 Å². The number of anilines is 2. The third-order valence-electron chi connectivity index (χ3n) is 2.26. The molecule has 5 nitrogen and oxygen atoms in total. The Kier molecular flexibility index (Phi) is 4.31. The average Bonchev–Trinajstić information content (AvgIpc) is 2.30. The Bertz CT molecular complexity index is 728. The molecule has 106 valence electrons. The monoisotopic (exact) mass is 423 g/mol. The van der Waals surface area contributed by atoms with Crippen LogP contribution in [0.3, 0.4) is 0 Å². The van der Waals surface area contributed by atoms with E-state index in [1.54, 1.807) is 0 Å². The molecule has 9 heteroatoms. The first-order valence-corrected chi connectivity index (χ1v) is 8.25. The summed E-state index contributed by atoms with van der Waals surface area (Å²) in [6.45, 7) is 0. The van der Waals surface area contributed by atoms with Crippen LogP contribution in [0.2, 0.25) is 0 Å². The van der Waals surface area contributed by atoms with Gasteiger partial charge in [0, 0.05) is 14.6 Å². The third kappa shape index (κ3) is 3.28. The van der Waals surface area contributed by atoms with E-state index in [1.165, 1.54) is 18.2 Å². The number of hydrogen-bond acceptors (Lipinski definition) is 4. The molecule has 0 bridgehead atoms. The second-order valence-corrected chi connectivity index (χ2v) is 7.11. The third-order valence-corrected chi connectivity index (χ3v) is 5.49. The van der Waals surface area contributed by atoms with Crippen LogP contribution in [0, 0.1) is 5.82 Å². The van der Waals surface area contributed by atoms with Crippen molar-refractivity contribution in [1.82, 2.24) is 4.98 Å². The van der Waals surface area contributed by atoms with E-state index in [-0.39, 0.29) is 10.7 Å². The zero-order chi connectivity index (χ0) is 14.9. The SMILES string of the molecule is Nc1cc(Br)c(S(=O)(=O)Nc2ccc(F)cn2)c(Br)c1. The lowest BCUT2D eigenvalue weighted by molar-refractivity contribution is 0.599. The number of nitrogen functional groups attached to an aromatic ring is 1. The smallest absolute Gasteiger partial charge is 0.265 e. The predicted octanol–water partition coefficient (Wildman–Crippen LogP) is 3.13. The minimum absolute atomic E-state index is 0.0158. The summed E-state index contributed by atoms with van der Waals surface area (Å²) < 4.78 is 40.2. The van der Waals surface area contributed by atoms with Crippen molar-refractivity contribution < 1.29 is 12.8 Å². The summed E-state index contributed by atoms with van der Waals surface area (Å²) >= 11 is 6.30. The molecule has 2 rings (SSSR count). The van der Waals surface area contributed by atoms with E-state index in [0.717, 1.165) is 12.3 Å². The van der Waals surface area contributed by atoms with Crippen molar-refractivity contribution in [1.29, 1.82) is 0 Å². The zero-order valence-electron chi connectivity index (χ0n) is 9.77. The second kappa shape index (κ2) is 5.66. The summed E-state index contributed by atoms with van der Waals surface area (Å²) in [6.07, 6.45) is 0.922. The number of benzene rings is 1. The molecule has 1 aromatic carbocycles. The fourth-order valence-electron chi connectivity index (χ4n) is 1.46. The van der Waals surface area contributed by atoms with Crippen LogP contribution in [-0.2, 0) is 10.0 Å². The summed E-state index contributed by atoms with van der Waals surface area (Å²) in [5.74, 6) is -0.537. The quantitative estimate of drug-likeness (QED) is 0.741. The van der Waals surface area contributed by atoms with E-state index in [2.05, 4.69) is 41.6 Å². The van der Waals surface area contributed by atoms with Crippen LogP contribution >= 0.6 is 31.9 Å². The van der Waals surface area contributed by atoms with Gasteiger partial charge in [-0.2, -0.15) is 0 Å². The lowest BCUT2D eigenvalue weighted by atomic mass is 10.3. The maximum Gasteiger partial charge on any atom is 0.265 e. The molecule has 0 radical (unpaired) electrons. The van der Waals surface area contributed by atoms with Crippen LogP contribution in [0.5, 0.6) is 0 Å². The van der Waals surface area contributed by atoms with Crippen LogP contribution in [0.1, 0.15) is 0 Å². The highest BCUT2D eigenvalue weighted by Crippen LogP contribution is 2.33. The van der Waals surface area contributed by atoms with Crippen LogP contribution in [0.15, 0.2) is 44.3 Å². The number of rotatable bonds is 3. The number of halogens is 3. The highest BCUT2D eigenvalue weighted by atomic mass is 79.9. The van der Waals surface area contributed by atoms with E-state index in [0.29, 0.717) is 14.6 Å². The van der Waals surface area contributed by atoms with Crippen molar-refractivity contribution in [2.24, 2.45) is 0 Å². The number of nitrogens with two attached hydrogens (primary N) is 1. The van der Waals surface area contributed by atoms with E-state index >= 15 is 0 Å². The summed E-state index contributed by atoms with van der Waals surface area (Å²) in [7, 11) is -3.89. The topological polar surface area (TPSA) is 85.1 Å². The van der Waals surface area contributed by atoms with Crippen molar-refractivity contribution in [3.63, 3.8) is 0 Å². The molecule has 0 saturated heterocycles. The highest BCUT2D eigenvalue weighted by molar-refractivity contribution is 9.11. The van der Waals surface area contributed by atoms with Gasteiger partial charge in [-0.15, -0.1) is 0 Å². The van der Waals surface area contributed by atoms with Gasteiger partial charge in [0.25, 0.3) is 10.0 Å². The summed E-state index contributed by atoms with van der Waals surface area (Å²) in [5.41, 5.74) is 6.02. The predicted molar refractivity (Wildman–Crippen MR) is 81.3 cm³/mol. The average molecular weight is 425 g/mol. The van der Waals surface area contributed by atoms with Crippen molar-refractivity contribution in [3.8, 4) is 0 Å². The molecule has 0 fully saturated rings. The van der Waals surface area contributed by atoms with Gasteiger partial charge in [-0.1, -0.05) is 0 Å². The van der Waals surface area contributed by atoms with Gasteiger partial charge >= 0.3 is 0 Å². The van der Waals surface area contributed by atoms with Crippen LogP contribution in [-0.4, -0.2) is 13.4 Å². The van der Waals surface area contributed by atoms with Crippen molar-refractivity contribution in [2.45, 2.75) is 4.90 Å². The number of nitrogens with zero attached hydrogens (tertiary/aromatic N) is 1. The second-order valence-electron chi connectivity index (χ2n) is 3.78. The number of pyridine rings is 1. The van der Waals surface area contributed by atoms with Gasteiger partial charge in [0.1, 0.15) is 16.5 Å². The molecule has 1 aromatic heterocycles. The number of sulfonamides is 1. The number of hydrogen-bond donors (Lipinski definition) is 2. The molecule has 0 unspecified atom stereocenters. The van der Waals surface area contributed by atoms with Gasteiger partial charge in [0.2, 0.25) is 0 Å². The van der Waals surface area contributed by atoms with E-state index < -0.39 is 15.8 Å². The van der Waals surface area contributed by atoms with E-state index in [1.807, 2.05) is 0 Å². The van der Waals surface area contributed by atoms with E-state index in [9.17, 15) is 12.8 Å². The summed E-state index contributed by atoms with van der Waals surface area (Å²) in [4.78, 5) is 3.63. The molecule has 3 N–H and O–H groups in total. The highest BCUT2D eigenvalue weighted by Gasteiger charge is 2.22. The minimum atomic E-state index is -3.89. The fourth-order valence-corrected chi connectivity index (χ4v) is 5.09. The van der Waals surface area contributed by atoms with Gasteiger partial charge < -0.3 is 5.73 Å². The van der Waals surface area contributed by atoms with E-state index in [4.69, 9.17) is 5.73 Å². The first kappa shape index (κ1) is 15.2. The first-order chi connectivity index (χ1) is 9.29. The lowest BCUT2D eigenvalue weighted by Crippen LogP contribution is -2.15.